The van der Waals surface area contributed by atoms with Gasteiger partial charge in [-0.3, -0.25) is 10.2 Å². The molecule has 35 heavy (non-hydrogen) atoms. The first-order valence-corrected chi connectivity index (χ1v) is 12.5. The number of aryl methyl sites for hydroxylation is 1. The molecule has 1 atom stereocenters. The van der Waals surface area contributed by atoms with E-state index in [9.17, 15) is 13.2 Å². The predicted molar refractivity (Wildman–Crippen MR) is 139 cm³/mol. The molecule has 0 aliphatic rings. The average molecular weight is 506 g/mol. The molecule has 192 valence electrons. The van der Waals surface area contributed by atoms with Crippen molar-refractivity contribution in [1.82, 2.24) is 4.72 Å². The Kier molecular flexibility index (Phi) is 11.9. The third-order valence-electron chi connectivity index (χ3n) is 4.61. The van der Waals surface area contributed by atoms with Gasteiger partial charge in [0.2, 0.25) is 0 Å². The normalized spacial score (nSPS) is 12.1. The minimum absolute atomic E-state index is 0.0948. The van der Waals surface area contributed by atoms with Gasteiger partial charge in [-0.15, -0.1) is 0 Å². The van der Waals surface area contributed by atoms with Crippen LogP contribution in [0.25, 0.3) is 6.08 Å². The van der Waals surface area contributed by atoms with Crippen molar-refractivity contribution >= 4 is 33.7 Å². The maximum atomic E-state index is 12.8. The number of nitrogen functional groups attached to an aromatic ring is 1. The van der Waals surface area contributed by atoms with Crippen molar-refractivity contribution in [1.29, 1.82) is 5.41 Å². The number of ether oxygens (including phenoxy) is 2. The monoisotopic (exact) mass is 505 g/mol. The minimum atomic E-state index is -4.27. The molecule has 1 unspecified atom stereocenters. The first-order chi connectivity index (χ1) is 16.5. The predicted octanol–water partition coefficient (Wildman–Crippen LogP) is 2.80. The average Bonchev–Trinajstić information content (AvgIpc) is 2.80. The summed E-state index contributed by atoms with van der Waals surface area (Å²) in [5, 5.41) is 15.5. The third kappa shape index (κ3) is 10.2. The zero-order chi connectivity index (χ0) is 26.6. The number of hydrogen-bond donors (Lipinski definition) is 5. The quantitative estimate of drug-likeness (QED) is 0.178. The van der Waals surface area contributed by atoms with Gasteiger partial charge in [-0.2, -0.15) is 8.42 Å². The lowest BCUT2D eigenvalue weighted by molar-refractivity contribution is -0.120. The topological polar surface area (TPSA) is 170 Å². The van der Waals surface area contributed by atoms with Gasteiger partial charge in [-0.1, -0.05) is 31.5 Å². The highest BCUT2D eigenvalue weighted by Gasteiger charge is 2.24. The van der Waals surface area contributed by atoms with E-state index >= 15 is 0 Å². The van der Waals surface area contributed by atoms with Gasteiger partial charge in [-0.05, 0) is 54.5 Å². The van der Waals surface area contributed by atoms with Crippen molar-refractivity contribution < 1.29 is 22.7 Å². The van der Waals surface area contributed by atoms with Gasteiger partial charge in [0.25, 0.3) is 16.1 Å². The summed E-state index contributed by atoms with van der Waals surface area (Å²) >= 11 is 0. The fourth-order valence-corrected chi connectivity index (χ4v) is 3.53. The fourth-order valence-electron chi connectivity index (χ4n) is 3.13. The van der Waals surface area contributed by atoms with Crippen molar-refractivity contribution in [3.63, 3.8) is 0 Å². The summed E-state index contributed by atoms with van der Waals surface area (Å²) < 4.78 is 35.3. The Morgan fingerprint density at radius 2 is 1.77 bits per heavy atom. The van der Waals surface area contributed by atoms with Gasteiger partial charge in [0.05, 0.1) is 19.5 Å². The summed E-state index contributed by atoms with van der Waals surface area (Å²) in [5.41, 5.74) is 8.64. The Morgan fingerprint density at radius 1 is 1.14 bits per heavy atom. The number of nitrogens with one attached hydrogen (secondary N) is 3. The molecule has 0 fully saturated rings. The number of benzene rings is 2. The number of carbonyl (C=O) groups is 1. The number of anilines is 1. The molecule has 11 heteroatoms. The Labute approximate surface area is 207 Å². The van der Waals surface area contributed by atoms with Crippen LogP contribution in [0.3, 0.4) is 0 Å². The lowest BCUT2D eigenvalue weighted by Crippen LogP contribution is -2.41. The highest BCUT2D eigenvalue weighted by molar-refractivity contribution is 7.87. The van der Waals surface area contributed by atoms with Gasteiger partial charge in [0.1, 0.15) is 11.9 Å². The smallest absolute Gasteiger partial charge is 0.298 e. The van der Waals surface area contributed by atoms with Crippen LogP contribution in [-0.4, -0.2) is 41.0 Å². The SMILES string of the molecule is CC.COCC/C(=C/c1cc(C)cc(C(Nc2ccc(C(=N)N)cc2)C(=O)NS(N)(=O)=O)c1)OC. The van der Waals surface area contributed by atoms with Gasteiger partial charge >= 0.3 is 0 Å². The van der Waals surface area contributed by atoms with E-state index in [2.05, 4.69) is 5.32 Å². The Balaban J connectivity index is 0.00000298. The molecule has 0 bridgehead atoms. The van der Waals surface area contributed by atoms with Crippen LogP contribution >= 0.6 is 0 Å². The molecule has 0 spiro atoms. The molecule has 0 heterocycles. The van der Waals surface area contributed by atoms with Crippen molar-refractivity contribution in [2.75, 3.05) is 26.1 Å². The van der Waals surface area contributed by atoms with Gasteiger partial charge in [0, 0.05) is 24.8 Å². The molecule has 0 radical (unpaired) electrons. The Bertz CT molecular complexity index is 1130. The summed E-state index contributed by atoms with van der Waals surface area (Å²) in [5.74, 6) is -0.255. The Hall–Kier alpha value is -3.41. The maximum Gasteiger partial charge on any atom is 0.298 e. The summed E-state index contributed by atoms with van der Waals surface area (Å²) in [7, 11) is -1.11. The molecule has 0 saturated heterocycles. The van der Waals surface area contributed by atoms with E-state index in [1.165, 1.54) is 0 Å². The van der Waals surface area contributed by atoms with E-state index < -0.39 is 22.2 Å². The van der Waals surface area contributed by atoms with Crippen molar-refractivity contribution in [3.05, 3.63) is 70.5 Å². The van der Waals surface area contributed by atoms with E-state index in [0.29, 0.717) is 35.6 Å². The Morgan fingerprint density at radius 3 is 2.29 bits per heavy atom. The van der Waals surface area contributed by atoms with Crippen molar-refractivity contribution in [2.24, 2.45) is 10.9 Å². The van der Waals surface area contributed by atoms with Crippen LogP contribution in [0.15, 0.2) is 48.2 Å². The third-order valence-corrected chi connectivity index (χ3v) is 5.10. The van der Waals surface area contributed by atoms with E-state index in [1.807, 2.05) is 37.6 Å². The lowest BCUT2D eigenvalue weighted by atomic mass is 9.99. The standard InChI is InChI=1S/C22H29N5O5S.C2H6/c1-14-10-15(13-19(32-3)8-9-31-2)12-17(11-14)20(22(28)27-33(25,29)30)26-18-6-4-16(5-7-18)21(23)24;1-2/h4-7,10-13,20,26H,8-9H2,1-3H3,(H3,23,24)(H,27,28)(H2,25,29,30);1-2H3/b19-13-;. The highest BCUT2D eigenvalue weighted by atomic mass is 32.2. The number of nitrogens with two attached hydrogens (primary N) is 2. The summed E-state index contributed by atoms with van der Waals surface area (Å²) in [6.07, 6.45) is 2.39. The van der Waals surface area contributed by atoms with Crippen LogP contribution < -0.4 is 20.9 Å². The van der Waals surface area contributed by atoms with Crippen LogP contribution in [0.1, 0.15) is 48.6 Å². The number of carbonyl (C=O) groups excluding carboxylic acids is 1. The summed E-state index contributed by atoms with van der Waals surface area (Å²) in [4.78, 5) is 12.8. The molecule has 0 aliphatic heterocycles. The summed E-state index contributed by atoms with van der Waals surface area (Å²) in [6.45, 7) is 6.34. The molecule has 0 saturated carbocycles. The van der Waals surface area contributed by atoms with Crippen LogP contribution in [0, 0.1) is 12.3 Å². The molecule has 7 N–H and O–H groups in total. The van der Waals surface area contributed by atoms with Crippen LogP contribution in [0.5, 0.6) is 0 Å². The second kappa shape index (κ2) is 14.1. The molecule has 2 aromatic carbocycles. The molecule has 2 aromatic rings. The molecular formula is C24H35N5O5S. The number of amidine groups is 1. The molecule has 0 aliphatic carbocycles. The van der Waals surface area contributed by atoms with E-state index in [-0.39, 0.29) is 5.84 Å². The number of methoxy groups -OCH3 is 2. The van der Waals surface area contributed by atoms with E-state index in [0.717, 1.165) is 11.1 Å². The zero-order valence-electron chi connectivity index (χ0n) is 20.7. The van der Waals surface area contributed by atoms with E-state index in [4.69, 9.17) is 25.8 Å². The number of hydrogen-bond acceptors (Lipinski definition) is 7. The van der Waals surface area contributed by atoms with Crippen LogP contribution in [0.2, 0.25) is 0 Å². The van der Waals surface area contributed by atoms with Gasteiger partial charge in [-0.25, -0.2) is 9.86 Å². The zero-order valence-corrected chi connectivity index (χ0v) is 21.5. The first kappa shape index (κ1) is 29.6. The highest BCUT2D eigenvalue weighted by Crippen LogP contribution is 2.24. The van der Waals surface area contributed by atoms with Crippen molar-refractivity contribution in [2.45, 2.75) is 33.2 Å². The molecular weight excluding hydrogens is 470 g/mol. The largest absolute Gasteiger partial charge is 0.501 e. The number of rotatable bonds is 11. The van der Waals surface area contributed by atoms with E-state index in [1.54, 1.807) is 50.6 Å². The first-order valence-electron chi connectivity index (χ1n) is 10.9. The summed E-state index contributed by atoms with van der Waals surface area (Å²) in [6, 6.07) is 10.9. The second-order valence-electron chi connectivity index (χ2n) is 7.31. The fraction of sp³-hybridized carbons (Fsp3) is 0.333. The molecule has 0 aromatic heterocycles. The molecule has 2 rings (SSSR count). The van der Waals surface area contributed by atoms with Gasteiger partial charge < -0.3 is 20.5 Å². The van der Waals surface area contributed by atoms with Crippen LogP contribution in [-0.2, 0) is 24.5 Å². The van der Waals surface area contributed by atoms with Crippen LogP contribution in [0.4, 0.5) is 5.69 Å². The molecule has 10 nitrogen and oxygen atoms in total. The van der Waals surface area contributed by atoms with Gasteiger partial charge in [0.15, 0.2) is 0 Å². The maximum absolute atomic E-state index is 12.8. The van der Waals surface area contributed by atoms with Crippen molar-refractivity contribution in [3.8, 4) is 0 Å². The lowest BCUT2D eigenvalue weighted by Gasteiger charge is -2.21. The second-order valence-corrected chi connectivity index (χ2v) is 8.61. The minimum Gasteiger partial charge on any atom is -0.501 e. The number of amides is 1. The molecule has 1 amide bonds.